The molecule has 0 saturated heterocycles. The molecule has 2 N–H and O–H groups in total. The van der Waals surface area contributed by atoms with Gasteiger partial charge in [0.2, 0.25) is 0 Å². The van der Waals surface area contributed by atoms with E-state index < -0.39 is 11.4 Å². The summed E-state index contributed by atoms with van der Waals surface area (Å²) in [5.74, 6) is -0.668. The highest BCUT2D eigenvalue weighted by molar-refractivity contribution is 7.80. The van der Waals surface area contributed by atoms with Gasteiger partial charge >= 0.3 is 5.97 Å². The Hall–Kier alpha value is -0.550. The fraction of sp³-hybridized carbons (Fsp3) is 0.750. The number of carboxylic acids is 1. The molecule has 0 aliphatic carbocycles. The minimum Gasteiger partial charge on any atom is -0.481 e. The predicted molar refractivity (Wildman–Crippen MR) is 53.1 cm³/mol. The van der Waals surface area contributed by atoms with Gasteiger partial charge in [-0.25, -0.2) is 0 Å². The topological polar surface area (TPSA) is 66.4 Å². The first kappa shape index (κ1) is 12.4. The molecule has 0 aliphatic heterocycles. The standard InChI is InChI=1S/C8H15NO3S/c1-6(10)3-9-4-8(2,5-13)7(11)12/h9,13H,3-5H2,1-2H3,(H,11,12). The summed E-state index contributed by atoms with van der Waals surface area (Å²) in [5, 5.41) is 11.6. The number of carbonyl (C=O) groups is 2. The Balaban J connectivity index is 3.98. The van der Waals surface area contributed by atoms with Crippen LogP contribution in [-0.2, 0) is 9.59 Å². The van der Waals surface area contributed by atoms with Crippen LogP contribution in [0.5, 0.6) is 0 Å². The molecule has 0 heterocycles. The third-order valence-corrected chi connectivity index (χ3v) is 2.45. The van der Waals surface area contributed by atoms with Gasteiger partial charge in [0.25, 0.3) is 0 Å². The highest BCUT2D eigenvalue weighted by Gasteiger charge is 2.30. The summed E-state index contributed by atoms with van der Waals surface area (Å²) in [5.41, 5.74) is -0.904. The van der Waals surface area contributed by atoms with Gasteiger partial charge in [-0.15, -0.1) is 0 Å². The molecule has 0 fully saturated rings. The second-order valence-corrected chi connectivity index (χ2v) is 3.65. The van der Waals surface area contributed by atoms with Gasteiger partial charge in [-0.05, 0) is 13.8 Å². The van der Waals surface area contributed by atoms with E-state index in [2.05, 4.69) is 17.9 Å². The van der Waals surface area contributed by atoms with Crippen molar-refractivity contribution in [3.05, 3.63) is 0 Å². The quantitative estimate of drug-likeness (QED) is 0.541. The fourth-order valence-electron chi connectivity index (χ4n) is 0.714. The highest BCUT2D eigenvalue weighted by Crippen LogP contribution is 2.16. The SMILES string of the molecule is CC(=O)CNCC(C)(CS)C(=O)O. The Bertz CT molecular complexity index is 208. The summed E-state index contributed by atoms with van der Waals surface area (Å²) in [6.07, 6.45) is 0. The zero-order chi connectivity index (χ0) is 10.5. The van der Waals surface area contributed by atoms with E-state index in [4.69, 9.17) is 5.11 Å². The van der Waals surface area contributed by atoms with E-state index in [0.717, 1.165) is 0 Å². The summed E-state index contributed by atoms with van der Waals surface area (Å²) in [4.78, 5) is 21.3. The van der Waals surface area contributed by atoms with E-state index >= 15 is 0 Å². The van der Waals surface area contributed by atoms with Crippen molar-refractivity contribution in [3.63, 3.8) is 0 Å². The van der Waals surface area contributed by atoms with E-state index in [-0.39, 0.29) is 24.6 Å². The zero-order valence-electron chi connectivity index (χ0n) is 7.83. The Morgan fingerprint density at radius 2 is 2.08 bits per heavy atom. The van der Waals surface area contributed by atoms with E-state index in [0.29, 0.717) is 0 Å². The minimum atomic E-state index is -0.904. The van der Waals surface area contributed by atoms with Gasteiger partial charge in [0, 0.05) is 12.3 Å². The van der Waals surface area contributed by atoms with Gasteiger partial charge in [0.05, 0.1) is 12.0 Å². The maximum Gasteiger partial charge on any atom is 0.311 e. The molecule has 0 bridgehead atoms. The molecule has 0 aliphatic rings. The maximum atomic E-state index is 10.8. The Kier molecular flexibility index (Phi) is 5.02. The summed E-state index contributed by atoms with van der Waals surface area (Å²) in [7, 11) is 0. The molecule has 0 saturated carbocycles. The van der Waals surface area contributed by atoms with E-state index in [1.165, 1.54) is 6.92 Å². The summed E-state index contributed by atoms with van der Waals surface area (Å²) in [6, 6.07) is 0. The number of aliphatic carboxylic acids is 1. The molecule has 1 atom stereocenters. The largest absolute Gasteiger partial charge is 0.481 e. The van der Waals surface area contributed by atoms with Gasteiger partial charge in [-0.3, -0.25) is 9.59 Å². The summed E-state index contributed by atoms with van der Waals surface area (Å²) < 4.78 is 0. The van der Waals surface area contributed by atoms with Crippen LogP contribution in [0.4, 0.5) is 0 Å². The number of carboxylic acid groups (broad SMARTS) is 1. The molecule has 0 radical (unpaired) electrons. The third-order valence-electron chi connectivity index (χ3n) is 1.75. The highest BCUT2D eigenvalue weighted by atomic mass is 32.1. The lowest BCUT2D eigenvalue weighted by Crippen LogP contribution is -2.41. The van der Waals surface area contributed by atoms with E-state index in [1.807, 2.05) is 0 Å². The predicted octanol–water partition coefficient (Wildman–Crippen LogP) is 0.186. The first-order valence-electron chi connectivity index (χ1n) is 3.97. The van der Waals surface area contributed by atoms with Crippen molar-refractivity contribution >= 4 is 24.4 Å². The van der Waals surface area contributed by atoms with Crippen LogP contribution < -0.4 is 5.32 Å². The number of thiol groups is 1. The van der Waals surface area contributed by atoms with Crippen molar-refractivity contribution in [2.24, 2.45) is 5.41 Å². The van der Waals surface area contributed by atoms with Crippen LogP contribution in [0, 0.1) is 5.41 Å². The molecule has 0 rings (SSSR count). The molecule has 76 valence electrons. The Morgan fingerprint density at radius 1 is 1.54 bits per heavy atom. The number of rotatable bonds is 6. The van der Waals surface area contributed by atoms with Crippen molar-refractivity contribution in [3.8, 4) is 0 Å². The molecular weight excluding hydrogens is 190 g/mol. The van der Waals surface area contributed by atoms with E-state index in [1.54, 1.807) is 6.92 Å². The lowest BCUT2D eigenvalue weighted by atomic mass is 9.93. The molecule has 13 heavy (non-hydrogen) atoms. The van der Waals surface area contributed by atoms with Crippen LogP contribution >= 0.6 is 12.6 Å². The number of carbonyl (C=O) groups excluding carboxylic acids is 1. The second kappa shape index (κ2) is 5.24. The van der Waals surface area contributed by atoms with Gasteiger partial charge in [-0.2, -0.15) is 12.6 Å². The van der Waals surface area contributed by atoms with E-state index in [9.17, 15) is 9.59 Å². The lowest BCUT2D eigenvalue weighted by Gasteiger charge is -2.22. The summed E-state index contributed by atoms with van der Waals surface area (Å²) in [6.45, 7) is 3.50. The fourth-order valence-corrected chi connectivity index (χ4v) is 0.961. The first-order chi connectivity index (χ1) is 5.92. The lowest BCUT2D eigenvalue weighted by molar-refractivity contribution is -0.146. The van der Waals surface area contributed by atoms with Gasteiger partial charge in [-0.1, -0.05) is 0 Å². The smallest absolute Gasteiger partial charge is 0.311 e. The number of hydrogen-bond acceptors (Lipinski definition) is 4. The normalized spacial score (nSPS) is 15.0. The van der Waals surface area contributed by atoms with Gasteiger partial charge in [0.15, 0.2) is 0 Å². The Labute approximate surface area is 83.1 Å². The first-order valence-corrected chi connectivity index (χ1v) is 4.60. The molecular formula is C8H15NO3S. The van der Waals surface area contributed by atoms with Crippen molar-refractivity contribution in [1.29, 1.82) is 0 Å². The van der Waals surface area contributed by atoms with Crippen molar-refractivity contribution in [2.45, 2.75) is 13.8 Å². The molecule has 0 amide bonds. The Morgan fingerprint density at radius 3 is 2.38 bits per heavy atom. The van der Waals surface area contributed by atoms with Crippen LogP contribution in [0.15, 0.2) is 0 Å². The third kappa shape index (κ3) is 4.28. The minimum absolute atomic E-state index is 0.00750. The molecule has 0 aromatic rings. The maximum absolute atomic E-state index is 10.8. The molecule has 4 nitrogen and oxygen atoms in total. The van der Waals surface area contributed by atoms with Crippen molar-refractivity contribution in [2.75, 3.05) is 18.8 Å². The molecule has 5 heteroatoms. The number of ketones is 1. The van der Waals surface area contributed by atoms with Gasteiger partial charge in [0.1, 0.15) is 5.78 Å². The van der Waals surface area contributed by atoms with Crippen LogP contribution in [0.1, 0.15) is 13.8 Å². The van der Waals surface area contributed by atoms with Gasteiger partial charge < -0.3 is 10.4 Å². The van der Waals surface area contributed by atoms with Crippen LogP contribution in [0.2, 0.25) is 0 Å². The van der Waals surface area contributed by atoms with Crippen LogP contribution in [0.3, 0.4) is 0 Å². The zero-order valence-corrected chi connectivity index (χ0v) is 8.73. The van der Waals surface area contributed by atoms with Crippen LogP contribution in [-0.4, -0.2) is 35.7 Å². The monoisotopic (exact) mass is 205 g/mol. The number of Topliss-reactive ketones (excluding diaryl/α,β-unsaturated/α-hetero) is 1. The van der Waals surface area contributed by atoms with Crippen LogP contribution in [0.25, 0.3) is 0 Å². The molecule has 0 aromatic carbocycles. The molecule has 0 spiro atoms. The average Bonchev–Trinajstić information content (AvgIpc) is 2.03. The molecule has 0 aromatic heterocycles. The summed E-state index contributed by atoms with van der Waals surface area (Å²) >= 11 is 3.96. The number of nitrogens with one attached hydrogen (secondary N) is 1. The van der Waals surface area contributed by atoms with Crippen molar-refractivity contribution in [1.82, 2.24) is 5.32 Å². The second-order valence-electron chi connectivity index (χ2n) is 3.33. The molecule has 1 unspecified atom stereocenters. The average molecular weight is 205 g/mol. The van der Waals surface area contributed by atoms with Crippen molar-refractivity contribution < 1.29 is 14.7 Å². The number of hydrogen-bond donors (Lipinski definition) is 3.